The molecule has 0 aromatic heterocycles. The van der Waals surface area contributed by atoms with Crippen molar-refractivity contribution in [2.75, 3.05) is 0 Å². The zero-order chi connectivity index (χ0) is 20.3. The van der Waals surface area contributed by atoms with Crippen molar-refractivity contribution in [1.29, 1.82) is 0 Å². The third-order valence-corrected chi connectivity index (χ3v) is 4.44. The molecule has 0 fully saturated rings. The average molecular weight is 398 g/mol. The monoisotopic (exact) mass is 398 g/mol. The highest BCUT2D eigenvalue weighted by Crippen LogP contribution is 2.42. The summed E-state index contributed by atoms with van der Waals surface area (Å²) in [6.07, 6.45) is 0. The van der Waals surface area contributed by atoms with E-state index in [2.05, 4.69) is 0 Å². The zero-order valence-corrected chi connectivity index (χ0v) is 13.5. The van der Waals surface area contributed by atoms with E-state index in [1.165, 1.54) is 0 Å². The van der Waals surface area contributed by atoms with Crippen molar-refractivity contribution in [3.05, 3.63) is 82.9 Å². The average Bonchev–Trinajstić information content (AvgIpc) is 2.67. The van der Waals surface area contributed by atoms with Crippen LogP contribution in [0.1, 0.15) is 0 Å². The molecule has 0 radical (unpaired) electrons. The first-order chi connectivity index (χ1) is 13.2. The van der Waals surface area contributed by atoms with Crippen molar-refractivity contribution in [3.8, 4) is 11.1 Å². The Labute approximate surface area is 151 Å². The van der Waals surface area contributed by atoms with Gasteiger partial charge in [0.05, 0.1) is 5.56 Å². The molecule has 0 unspecified atom stereocenters. The van der Waals surface area contributed by atoms with Gasteiger partial charge in [0.25, 0.3) is 0 Å². The second-order valence-corrected chi connectivity index (χ2v) is 6.01. The minimum Gasteiger partial charge on any atom is -0.207 e. The van der Waals surface area contributed by atoms with Crippen molar-refractivity contribution < 1.29 is 35.1 Å². The lowest BCUT2D eigenvalue weighted by Gasteiger charge is -2.15. The number of rotatable bonds is 1. The summed E-state index contributed by atoms with van der Waals surface area (Å²) in [5, 5.41) is -1.53. The van der Waals surface area contributed by atoms with Gasteiger partial charge in [-0.3, -0.25) is 0 Å². The van der Waals surface area contributed by atoms with E-state index in [0.29, 0.717) is 6.07 Å². The Hall–Kier alpha value is -3.16. The number of fused-ring (bicyclic) bond motifs is 2. The summed E-state index contributed by atoms with van der Waals surface area (Å²) in [5.41, 5.74) is -2.31. The molecule has 0 spiro atoms. The molecule has 0 amide bonds. The normalized spacial score (nSPS) is 11.6. The second kappa shape index (κ2) is 6.19. The predicted molar refractivity (Wildman–Crippen MR) is 86.6 cm³/mol. The minimum absolute atomic E-state index is 0.0114. The molecule has 0 saturated carbocycles. The van der Waals surface area contributed by atoms with E-state index in [-0.39, 0.29) is 10.8 Å². The maximum absolute atomic E-state index is 14.5. The highest BCUT2D eigenvalue weighted by molar-refractivity contribution is 6.13. The highest BCUT2D eigenvalue weighted by atomic mass is 19.2. The molecule has 0 nitrogen and oxygen atoms in total. The summed E-state index contributed by atoms with van der Waals surface area (Å²) in [6.45, 7) is 0. The molecule has 0 aliphatic rings. The van der Waals surface area contributed by atoms with Gasteiger partial charge in [-0.05, 0) is 41.1 Å². The third kappa shape index (κ3) is 2.44. The van der Waals surface area contributed by atoms with Crippen molar-refractivity contribution in [3.63, 3.8) is 0 Å². The van der Waals surface area contributed by atoms with E-state index in [1.807, 2.05) is 0 Å². The van der Waals surface area contributed by atoms with Crippen LogP contribution in [0, 0.1) is 46.5 Å². The van der Waals surface area contributed by atoms with Gasteiger partial charge >= 0.3 is 0 Å². The Kier molecular flexibility index (Phi) is 4.02. The summed E-state index contributed by atoms with van der Waals surface area (Å²) in [6, 6.07) is 5.29. The first kappa shape index (κ1) is 18.2. The topological polar surface area (TPSA) is 0 Å². The van der Waals surface area contributed by atoms with Gasteiger partial charge in [-0.1, -0.05) is 6.07 Å². The molecular formula is C20H6F8. The summed E-state index contributed by atoms with van der Waals surface area (Å²) in [7, 11) is 0. The van der Waals surface area contributed by atoms with Crippen LogP contribution in [0.3, 0.4) is 0 Å². The van der Waals surface area contributed by atoms with E-state index < -0.39 is 68.4 Å². The van der Waals surface area contributed by atoms with Crippen molar-refractivity contribution in [2.24, 2.45) is 0 Å². The Balaban J connectivity index is 2.36. The van der Waals surface area contributed by atoms with Crippen LogP contribution in [0.15, 0.2) is 36.4 Å². The number of benzene rings is 4. The molecule has 0 heterocycles. The number of halogens is 8. The van der Waals surface area contributed by atoms with Gasteiger partial charge in [0, 0.05) is 16.3 Å². The van der Waals surface area contributed by atoms with Crippen molar-refractivity contribution in [2.45, 2.75) is 0 Å². The van der Waals surface area contributed by atoms with Gasteiger partial charge in [0.15, 0.2) is 23.3 Å². The second-order valence-electron chi connectivity index (χ2n) is 6.01. The maximum Gasteiger partial charge on any atom is 0.200 e. The van der Waals surface area contributed by atoms with Gasteiger partial charge in [-0.15, -0.1) is 0 Å². The molecule has 142 valence electrons. The molecule has 0 atom stereocenters. The van der Waals surface area contributed by atoms with Gasteiger partial charge in [-0.25, -0.2) is 35.1 Å². The molecule has 0 saturated heterocycles. The lowest BCUT2D eigenvalue weighted by atomic mass is 9.90. The fourth-order valence-corrected chi connectivity index (χ4v) is 3.21. The van der Waals surface area contributed by atoms with Crippen LogP contribution in [0.5, 0.6) is 0 Å². The first-order valence-corrected chi connectivity index (χ1v) is 7.74. The van der Waals surface area contributed by atoms with Crippen LogP contribution in [0.2, 0.25) is 0 Å². The molecule has 0 bridgehead atoms. The van der Waals surface area contributed by atoms with Crippen LogP contribution in [0.4, 0.5) is 35.1 Å². The van der Waals surface area contributed by atoms with E-state index in [0.717, 1.165) is 30.3 Å². The molecule has 0 aliphatic carbocycles. The van der Waals surface area contributed by atoms with Gasteiger partial charge < -0.3 is 0 Å². The van der Waals surface area contributed by atoms with Crippen LogP contribution < -0.4 is 0 Å². The standard InChI is InChI=1S/C20H6F8/c21-8-2-1-7-5-10-11(22)3-4-12(23)13(10)14(9(7)6-8)15-16(24)18(26)20(28)19(27)17(15)25/h1-6H. The zero-order valence-electron chi connectivity index (χ0n) is 13.5. The SMILES string of the molecule is Fc1ccc2cc3c(F)ccc(F)c3c(-c3c(F)c(F)c(F)c(F)c3F)c2c1. The Morgan fingerprint density at radius 3 is 1.68 bits per heavy atom. The van der Waals surface area contributed by atoms with E-state index >= 15 is 0 Å². The van der Waals surface area contributed by atoms with Gasteiger partial charge in [0.2, 0.25) is 5.82 Å². The fourth-order valence-electron chi connectivity index (χ4n) is 3.21. The molecule has 4 aromatic carbocycles. The lowest BCUT2D eigenvalue weighted by molar-refractivity contribution is 0.381. The smallest absolute Gasteiger partial charge is 0.200 e. The minimum atomic E-state index is -2.40. The van der Waals surface area contributed by atoms with Crippen LogP contribution in [-0.2, 0) is 0 Å². The van der Waals surface area contributed by atoms with Crippen LogP contribution in [-0.4, -0.2) is 0 Å². The number of hydrogen-bond donors (Lipinski definition) is 0. The first-order valence-electron chi connectivity index (χ1n) is 7.74. The Bertz CT molecular complexity index is 1260. The highest BCUT2D eigenvalue weighted by Gasteiger charge is 2.30. The lowest BCUT2D eigenvalue weighted by Crippen LogP contribution is -2.05. The molecule has 4 rings (SSSR count). The van der Waals surface area contributed by atoms with Gasteiger partial charge in [0.1, 0.15) is 17.5 Å². The summed E-state index contributed by atoms with van der Waals surface area (Å²) >= 11 is 0. The van der Waals surface area contributed by atoms with Crippen LogP contribution >= 0.6 is 0 Å². The Morgan fingerprint density at radius 1 is 0.464 bits per heavy atom. The van der Waals surface area contributed by atoms with E-state index in [1.54, 1.807) is 0 Å². The van der Waals surface area contributed by atoms with Crippen LogP contribution in [0.25, 0.3) is 32.7 Å². The quantitative estimate of drug-likeness (QED) is 0.144. The summed E-state index contributed by atoms with van der Waals surface area (Å²) in [4.78, 5) is 0. The van der Waals surface area contributed by atoms with Gasteiger partial charge in [-0.2, -0.15) is 0 Å². The summed E-state index contributed by atoms with van der Waals surface area (Å²) < 4.78 is 112. The summed E-state index contributed by atoms with van der Waals surface area (Å²) in [5.74, 6) is -14.5. The molecule has 4 aromatic rings. The molecule has 28 heavy (non-hydrogen) atoms. The van der Waals surface area contributed by atoms with E-state index in [4.69, 9.17) is 0 Å². The predicted octanol–water partition coefficient (Wildman–Crippen LogP) is 6.77. The largest absolute Gasteiger partial charge is 0.207 e. The number of hydrogen-bond acceptors (Lipinski definition) is 0. The molecule has 0 aliphatic heterocycles. The Morgan fingerprint density at radius 2 is 1.04 bits per heavy atom. The van der Waals surface area contributed by atoms with Crippen molar-refractivity contribution >= 4 is 21.5 Å². The maximum atomic E-state index is 14.5. The molecule has 8 heteroatoms. The third-order valence-electron chi connectivity index (χ3n) is 4.44. The van der Waals surface area contributed by atoms with E-state index in [9.17, 15) is 35.1 Å². The van der Waals surface area contributed by atoms with Crippen molar-refractivity contribution in [1.82, 2.24) is 0 Å². The molecule has 0 N–H and O–H groups in total. The fraction of sp³-hybridized carbons (Fsp3) is 0. The molecular weight excluding hydrogens is 392 g/mol.